The smallest absolute Gasteiger partial charge is 0.264 e. The first-order valence-electron chi connectivity index (χ1n) is 11.7. The van der Waals surface area contributed by atoms with Crippen molar-refractivity contribution in [1.29, 1.82) is 0 Å². The molecule has 5 rings (SSSR count). The summed E-state index contributed by atoms with van der Waals surface area (Å²) in [7, 11) is -4.26. The normalized spacial score (nSPS) is 12.4. The zero-order valence-electron chi connectivity index (χ0n) is 20.0. The van der Waals surface area contributed by atoms with Crippen molar-refractivity contribution in [2.75, 3.05) is 29.4 Å². The fourth-order valence-corrected chi connectivity index (χ4v) is 5.27. The predicted molar refractivity (Wildman–Crippen MR) is 140 cm³/mol. The summed E-state index contributed by atoms with van der Waals surface area (Å²) in [6.07, 6.45) is 0. The Balaban J connectivity index is 1.43. The van der Waals surface area contributed by atoms with Crippen molar-refractivity contribution >= 4 is 27.3 Å². The second-order valence-electron chi connectivity index (χ2n) is 8.25. The highest BCUT2D eigenvalue weighted by atomic mass is 32.2. The number of ether oxygens (including phenoxy) is 3. The number of anilines is 2. The number of para-hydroxylation sites is 3. The van der Waals surface area contributed by atoms with Gasteiger partial charge in [-0.15, -0.1) is 0 Å². The summed E-state index contributed by atoms with van der Waals surface area (Å²) >= 11 is 0. The first-order valence-corrected chi connectivity index (χ1v) is 13.1. The van der Waals surface area contributed by atoms with Gasteiger partial charge in [-0.25, -0.2) is 12.8 Å². The van der Waals surface area contributed by atoms with Crippen molar-refractivity contribution in [1.82, 2.24) is 0 Å². The van der Waals surface area contributed by atoms with E-state index in [0.29, 0.717) is 29.5 Å². The topological polar surface area (TPSA) is 94.2 Å². The maximum atomic E-state index is 13.7. The molecule has 0 atom stereocenters. The number of amides is 1. The Kier molecular flexibility index (Phi) is 7.14. The lowest BCUT2D eigenvalue weighted by atomic mass is 10.2. The van der Waals surface area contributed by atoms with Crippen LogP contribution in [-0.4, -0.2) is 34.1 Å². The summed E-state index contributed by atoms with van der Waals surface area (Å²) in [5.41, 5.74) is 0.474. The van der Waals surface area contributed by atoms with Crippen LogP contribution in [-0.2, 0) is 14.8 Å². The molecular weight excluding hydrogens is 511 g/mol. The Morgan fingerprint density at radius 1 is 0.868 bits per heavy atom. The fraction of sp³-hybridized carbons (Fsp3) is 0.107. The Bertz CT molecular complexity index is 1550. The molecule has 0 radical (unpaired) electrons. The quantitative estimate of drug-likeness (QED) is 0.333. The van der Waals surface area contributed by atoms with Crippen LogP contribution in [0, 0.1) is 5.82 Å². The third-order valence-electron chi connectivity index (χ3n) is 5.64. The highest BCUT2D eigenvalue weighted by Gasteiger charge is 2.29. The molecule has 1 heterocycles. The van der Waals surface area contributed by atoms with Crippen LogP contribution in [0.1, 0.15) is 0 Å². The average molecular weight is 535 g/mol. The van der Waals surface area contributed by atoms with Crippen LogP contribution >= 0.6 is 0 Å². The van der Waals surface area contributed by atoms with Crippen molar-refractivity contribution in [3.63, 3.8) is 0 Å². The SMILES string of the molecule is O=C(CN(c1ccc(F)cc1)S(=O)(=O)c1ccc2c(c1)OCCO2)Nc1ccccc1Oc1ccccc1. The average Bonchev–Trinajstić information content (AvgIpc) is 2.93. The van der Waals surface area contributed by atoms with Crippen LogP contribution in [0.3, 0.4) is 0 Å². The molecule has 1 aliphatic heterocycles. The van der Waals surface area contributed by atoms with Gasteiger partial charge < -0.3 is 19.5 Å². The van der Waals surface area contributed by atoms with Gasteiger partial charge in [-0.05, 0) is 60.7 Å². The number of sulfonamides is 1. The molecule has 1 N–H and O–H groups in total. The van der Waals surface area contributed by atoms with Crippen LogP contribution in [0.2, 0.25) is 0 Å². The summed E-state index contributed by atoms with van der Waals surface area (Å²) in [6.45, 7) is 0.0591. The van der Waals surface area contributed by atoms with E-state index in [0.717, 1.165) is 16.4 Å². The minimum Gasteiger partial charge on any atom is -0.486 e. The largest absolute Gasteiger partial charge is 0.486 e. The Labute approximate surface area is 219 Å². The maximum absolute atomic E-state index is 13.7. The standard InChI is InChI=1S/C28H23FN2O6S/c29-20-10-12-21(13-11-20)31(38(33,34)23-14-15-26-27(18-23)36-17-16-35-26)19-28(32)30-24-8-4-5-9-25(24)37-22-6-2-1-3-7-22/h1-15,18H,16-17,19H2,(H,30,32). The Morgan fingerprint density at radius 3 is 2.32 bits per heavy atom. The summed E-state index contributed by atoms with van der Waals surface area (Å²) in [5, 5.41) is 2.73. The number of hydrogen-bond acceptors (Lipinski definition) is 6. The fourth-order valence-electron chi connectivity index (χ4n) is 3.83. The molecule has 1 aliphatic rings. The highest BCUT2D eigenvalue weighted by Crippen LogP contribution is 2.34. The zero-order valence-corrected chi connectivity index (χ0v) is 20.9. The van der Waals surface area contributed by atoms with E-state index < -0.39 is 28.3 Å². The lowest BCUT2D eigenvalue weighted by Gasteiger charge is -2.25. The van der Waals surface area contributed by atoms with Crippen molar-refractivity contribution in [2.24, 2.45) is 0 Å². The van der Waals surface area contributed by atoms with Crippen LogP contribution < -0.4 is 23.8 Å². The van der Waals surface area contributed by atoms with Crippen molar-refractivity contribution in [2.45, 2.75) is 4.90 Å². The molecule has 4 aromatic rings. The number of nitrogens with zero attached hydrogens (tertiary/aromatic N) is 1. The number of carbonyl (C=O) groups is 1. The van der Waals surface area contributed by atoms with Gasteiger partial charge in [-0.1, -0.05) is 30.3 Å². The molecule has 0 spiro atoms. The zero-order chi connectivity index (χ0) is 26.5. The molecule has 1 amide bonds. The molecular formula is C28H23FN2O6S. The van der Waals surface area contributed by atoms with Crippen LogP contribution in [0.5, 0.6) is 23.0 Å². The first kappa shape index (κ1) is 25.1. The molecule has 0 aromatic heterocycles. The third kappa shape index (κ3) is 5.55. The molecule has 194 valence electrons. The monoisotopic (exact) mass is 534 g/mol. The van der Waals surface area contributed by atoms with Gasteiger partial charge in [-0.3, -0.25) is 9.10 Å². The lowest BCUT2D eigenvalue weighted by Crippen LogP contribution is -2.38. The molecule has 8 nitrogen and oxygen atoms in total. The van der Waals surface area contributed by atoms with E-state index >= 15 is 0 Å². The molecule has 38 heavy (non-hydrogen) atoms. The van der Waals surface area contributed by atoms with Crippen molar-refractivity contribution in [3.8, 4) is 23.0 Å². The summed E-state index contributed by atoms with van der Waals surface area (Å²) in [5.74, 6) is 0.504. The number of benzene rings is 4. The molecule has 0 unspecified atom stereocenters. The maximum Gasteiger partial charge on any atom is 0.264 e. The van der Waals surface area contributed by atoms with Gasteiger partial charge in [0.2, 0.25) is 5.91 Å². The lowest BCUT2D eigenvalue weighted by molar-refractivity contribution is -0.114. The van der Waals surface area contributed by atoms with E-state index in [9.17, 15) is 17.6 Å². The van der Waals surface area contributed by atoms with Crippen LogP contribution in [0.25, 0.3) is 0 Å². The van der Waals surface area contributed by atoms with Crippen molar-refractivity contribution in [3.05, 3.63) is 103 Å². The van der Waals surface area contributed by atoms with E-state index in [4.69, 9.17) is 14.2 Å². The minimum atomic E-state index is -4.26. The first-order chi connectivity index (χ1) is 18.4. The summed E-state index contributed by atoms with van der Waals surface area (Å²) < 4.78 is 58.9. The number of halogens is 1. The predicted octanol–water partition coefficient (Wildman–Crippen LogP) is 5.22. The van der Waals surface area contributed by atoms with Gasteiger partial charge >= 0.3 is 0 Å². The van der Waals surface area contributed by atoms with Crippen LogP contribution in [0.4, 0.5) is 15.8 Å². The van der Waals surface area contributed by atoms with Gasteiger partial charge in [-0.2, -0.15) is 0 Å². The summed E-state index contributed by atoms with van der Waals surface area (Å²) in [6, 6.07) is 24.9. The number of carbonyl (C=O) groups excluding carboxylic acids is 1. The molecule has 0 fully saturated rings. The molecule has 0 aliphatic carbocycles. The number of rotatable bonds is 8. The molecule has 10 heteroatoms. The molecule has 0 bridgehead atoms. The van der Waals surface area contributed by atoms with Gasteiger partial charge in [0, 0.05) is 6.07 Å². The van der Waals surface area contributed by atoms with Gasteiger partial charge in [0.1, 0.15) is 31.3 Å². The van der Waals surface area contributed by atoms with E-state index in [-0.39, 0.29) is 22.9 Å². The van der Waals surface area contributed by atoms with E-state index in [1.165, 1.54) is 30.3 Å². The molecule has 4 aromatic carbocycles. The number of fused-ring (bicyclic) bond motifs is 1. The minimum absolute atomic E-state index is 0.105. The highest BCUT2D eigenvalue weighted by molar-refractivity contribution is 7.92. The number of hydrogen-bond donors (Lipinski definition) is 1. The van der Waals surface area contributed by atoms with E-state index in [2.05, 4.69) is 5.32 Å². The van der Waals surface area contributed by atoms with Crippen molar-refractivity contribution < 1.29 is 31.8 Å². The third-order valence-corrected chi connectivity index (χ3v) is 7.41. The van der Waals surface area contributed by atoms with Gasteiger partial charge in [0.05, 0.1) is 16.3 Å². The Morgan fingerprint density at radius 2 is 1.55 bits per heavy atom. The number of nitrogens with one attached hydrogen (secondary N) is 1. The Hall–Kier alpha value is -4.57. The molecule has 0 saturated heterocycles. The van der Waals surface area contributed by atoms with Crippen LogP contribution in [0.15, 0.2) is 102 Å². The second-order valence-corrected chi connectivity index (χ2v) is 10.1. The van der Waals surface area contributed by atoms with Gasteiger partial charge in [0.25, 0.3) is 10.0 Å². The van der Waals surface area contributed by atoms with E-state index in [1.54, 1.807) is 36.4 Å². The molecule has 0 saturated carbocycles. The van der Waals surface area contributed by atoms with Gasteiger partial charge in [0.15, 0.2) is 17.2 Å². The summed E-state index contributed by atoms with van der Waals surface area (Å²) in [4.78, 5) is 13.1. The van der Waals surface area contributed by atoms with E-state index in [1.807, 2.05) is 18.2 Å². The second kappa shape index (κ2) is 10.8.